The Kier molecular flexibility index (Phi) is 2.12. The molecule has 0 bridgehead atoms. The van der Waals surface area contributed by atoms with Gasteiger partial charge in [-0.15, -0.1) is 0 Å². The maximum Gasteiger partial charge on any atom is 0.125 e. The van der Waals surface area contributed by atoms with Gasteiger partial charge in [0.05, 0.1) is 0 Å². The fraction of sp³-hybridized carbons (Fsp3) is 1.00. The molecule has 1 nitrogen and oxygen atoms in total. The van der Waals surface area contributed by atoms with Crippen LogP contribution < -0.4 is 0 Å². The van der Waals surface area contributed by atoms with Crippen molar-refractivity contribution in [2.45, 2.75) is 44.3 Å². The summed E-state index contributed by atoms with van der Waals surface area (Å²) in [6.45, 7) is 1.43. The molecule has 2 rings (SSSR count). The Morgan fingerprint density at radius 3 is 2.18 bits per heavy atom. The van der Waals surface area contributed by atoms with Crippen molar-refractivity contribution >= 4 is 0 Å². The predicted molar refractivity (Wildman–Crippen MR) is 43.3 cm³/mol. The largest absolute Gasteiger partial charge is 0.295 e. The second kappa shape index (κ2) is 3.10. The Labute approximate surface area is 67.6 Å². The number of alkyl halides is 1. The van der Waals surface area contributed by atoms with Crippen LogP contribution in [0.15, 0.2) is 0 Å². The van der Waals surface area contributed by atoms with Crippen molar-refractivity contribution in [3.8, 4) is 0 Å². The zero-order valence-corrected chi connectivity index (χ0v) is 6.93. The second-order valence-corrected chi connectivity index (χ2v) is 3.84. The summed E-state index contributed by atoms with van der Waals surface area (Å²) in [5.41, 5.74) is 0. The molecular weight excluding hydrogens is 141 g/mol. The van der Waals surface area contributed by atoms with Crippen LogP contribution in [0.5, 0.6) is 0 Å². The Morgan fingerprint density at radius 2 is 1.64 bits per heavy atom. The lowest BCUT2D eigenvalue weighted by atomic mass is 9.92. The van der Waals surface area contributed by atoms with Crippen LogP contribution in [-0.2, 0) is 0 Å². The van der Waals surface area contributed by atoms with Gasteiger partial charge >= 0.3 is 0 Å². The van der Waals surface area contributed by atoms with Crippen molar-refractivity contribution in [2.24, 2.45) is 0 Å². The maximum atomic E-state index is 12.5. The topological polar surface area (TPSA) is 3.24 Å². The molecule has 1 heterocycles. The van der Waals surface area contributed by atoms with Gasteiger partial charge in [-0.3, -0.25) is 4.90 Å². The molecule has 11 heavy (non-hydrogen) atoms. The summed E-state index contributed by atoms with van der Waals surface area (Å²) in [5, 5.41) is 0. The predicted octanol–water partition coefficient (Wildman–Crippen LogP) is 1.97. The SMILES string of the molecule is FC1CN(C2CCCCC2)C1. The Hall–Kier alpha value is -0.110. The van der Waals surface area contributed by atoms with E-state index in [9.17, 15) is 4.39 Å². The standard InChI is InChI=1S/C9H16FN/c10-8-6-11(7-8)9-4-2-1-3-5-9/h8-9H,1-7H2. The zero-order valence-electron chi connectivity index (χ0n) is 6.93. The van der Waals surface area contributed by atoms with Crippen LogP contribution in [0.4, 0.5) is 4.39 Å². The third-order valence-electron chi connectivity index (χ3n) is 2.96. The van der Waals surface area contributed by atoms with Crippen LogP contribution in [0.1, 0.15) is 32.1 Å². The molecule has 0 radical (unpaired) electrons. The molecule has 1 aliphatic heterocycles. The molecule has 0 N–H and O–H groups in total. The highest BCUT2D eigenvalue weighted by Gasteiger charge is 2.32. The van der Waals surface area contributed by atoms with Gasteiger partial charge in [-0.1, -0.05) is 19.3 Å². The summed E-state index contributed by atoms with van der Waals surface area (Å²) in [4.78, 5) is 2.31. The highest BCUT2D eigenvalue weighted by atomic mass is 19.1. The lowest BCUT2D eigenvalue weighted by molar-refractivity contribution is 0.0141. The van der Waals surface area contributed by atoms with Crippen molar-refractivity contribution < 1.29 is 4.39 Å². The van der Waals surface area contributed by atoms with Crippen LogP contribution in [0.2, 0.25) is 0 Å². The summed E-state index contributed by atoms with van der Waals surface area (Å²) >= 11 is 0. The van der Waals surface area contributed by atoms with Gasteiger partial charge in [0.1, 0.15) is 6.17 Å². The molecule has 0 amide bonds. The minimum atomic E-state index is -0.517. The van der Waals surface area contributed by atoms with Gasteiger partial charge in [0.2, 0.25) is 0 Å². The lowest BCUT2D eigenvalue weighted by Gasteiger charge is -2.42. The fourth-order valence-electron chi connectivity index (χ4n) is 2.20. The van der Waals surface area contributed by atoms with Gasteiger partial charge in [0, 0.05) is 19.1 Å². The van der Waals surface area contributed by atoms with Crippen LogP contribution in [0.25, 0.3) is 0 Å². The van der Waals surface area contributed by atoms with Crippen molar-refractivity contribution in [2.75, 3.05) is 13.1 Å². The molecule has 64 valence electrons. The van der Waals surface area contributed by atoms with Crippen LogP contribution >= 0.6 is 0 Å². The van der Waals surface area contributed by atoms with Crippen LogP contribution in [0, 0.1) is 0 Å². The smallest absolute Gasteiger partial charge is 0.125 e. The number of rotatable bonds is 1. The molecule has 2 heteroatoms. The molecule has 0 aromatic heterocycles. The van der Waals surface area contributed by atoms with E-state index in [4.69, 9.17) is 0 Å². The minimum Gasteiger partial charge on any atom is -0.295 e. The Balaban J connectivity index is 1.76. The summed E-state index contributed by atoms with van der Waals surface area (Å²) in [5.74, 6) is 0. The van der Waals surface area contributed by atoms with E-state index < -0.39 is 6.17 Å². The first-order valence-electron chi connectivity index (χ1n) is 4.74. The molecule has 0 aromatic rings. The summed E-state index contributed by atoms with van der Waals surface area (Å²) in [6, 6.07) is 0.732. The molecule has 2 aliphatic rings. The molecule has 1 saturated heterocycles. The van der Waals surface area contributed by atoms with E-state index in [1.54, 1.807) is 0 Å². The van der Waals surface area contributed by atoms with Crippen LogP contribution in [-0.4, -0.2) is 30.2 Å². The minimum absolute atomic E-state index is 0.517. The van der Waals surface area contributed by atoms with E-state index in [0.29, 0.717) is 13.1 Å². The average Bonchev–Trinajstić information content (AvgIpc) is 2.01. The highest BCUT2D eigenvalue weighted by Crippen LogP contribution is 2.26. The van der Waals surface area contributed by atoms with Gasteiger partial charge in [-0.05, 0) is 12.8 Å². The van der Waals surface area contributed by atoms with E-state index in [1.807, 2.05) is 0 Å². The normalized spacial score (nSPS) is 30.3. The van der Waals surface area contributed by atoms with E-state index in [1.165, 1.54) is 32.1 Å². The molecule has 1 saturated carbocycles. The molecule has 1 aliphatic carbocycles. The second-order valence-electron chi connectivity index (χ2n) is 3.84. The number of likely N-dealkylation sites (tertiary alicyclic amines) is 1. The molecule has 0 spiro atoms. The van der Waals surface area contributed by atoms with Gasteiger partial charge in [-0.2, -0.15) is 0 Å². The van der Waals surface area contributed by atoms with Crippen LogP contribution in [0.3, 0.4) is 0 Å². The van der Waals surface area contributed by atoms with Gasteiger partial charge < -0.3 is 0 Å². The fourth-order valence-corrected chi connectivity index (χ4v) is 2.20. The first-order chi connectivity index (χ1) is 5.36. The van der Waals surface area contributed by atoms with Gasteiger partial charge in [0.25, 0.3) is 0 Å². The first-order valence-corrected chi connectivity index (χ1v) is 4.74. The summed E-state index contributed by atoms with van der Waals surface area (Å²) in [6.07, 6.45) is 6.22. The van der Waals surface area contributed by atoms with Crippen molar-refractivity contribution in [1.29, 1.82) is 0 Å². The van der Waals surface area contributed by atoms with E-state index in [2.05, 4.69) is 4.90 Å². The zero-order chi connectivity index (χ0) is 7.68. The maximum absolute atomic E-state index is 12.5. The summed E-state index contributed by atoms with van der Waals surface area (Å²) < 4.78 is 12.5. The average molecular weight is 157 g/mol. The number of hydrogen-bond donors (Lipinski definition) is 0. The highest BCUT2D eigenvalue weighted by molar-refractivity contribution is 4.86. The number of hydrogen-bond acceptors (Lipinski definition) is 1. The van der Waals surface area contributed by atoms with Gasteiger partial charge in [-0.25, -0.2) is 4.39 Å². The number of halogens is 1. The molecular formula is C9H16FN. The van der Waals surface area contributed by atoms with Crippen molar-refractivity contribution in [3.05, 3.63) is 0 Å². The Bertz CT molecular complexity index is 126. The third-order valence-corrected chi connectivity index (χ3v) is 2.96. The molecule has 0 atom stereocenters. The van der Waals surface area contributed by atoms with Gasteiger partial charge in [0.15, 0.2) is 0 Å². The first kappa shape index (κ1) is 7.53. The van der Waals surface area contributed by atoms with E-state index in [0.717, 1.165) is 6.04 Å². The van der Waals surface area contributed by atoms with E-state index in [-0.39, 0.29) is 0 Å². The Morgan fingerprint density at radius 1 is 1.00 bits per heavy atom. The van der Waals surface area contributed by atoms with Crippen molar-refractivity contribution in [3.63, 3.8) is 0 Å². The monoisotopic (exact) mass is 157 g/mol. The quantitative estimate of drug-likeness (QED) is 0.562. The molecule has 0 unspecified atom stereocenters. The lowest BCUT2D eigenvalue weighted by Crippen LogP contribution is -2.53. The number of nitrogens with zero attached hydrogens (tertiary/aromatic N) is 1. The molecule has 2 fully saturated rings. The van der Waals surface area contributed by atoms with E-state index >= 15 is 0 Å². The summed E-state index contributed by atoms with van der Waals surface area (Å²) in [7, 11) is 0. The molecule has 0 aromatic carbocycles. The third kappa shape index (κ3) is 1.56. The van der Waals surface area contributed by atoms with Crippen molar-refractivity contribution in [1.82, 2.24) is 4.90 Å².